The number of hydrogen-bond acceptors (Lipinski definition) is 6. The number of thiophene rings is 1. The van der Waals surface area contributed by atoms with Crippen LogP contribution in [-0.4, -0.2) is 34.6 Å². The summed E-state index contributed by atoms with van der Waals surface area (Å²) < 4.78 is 1.16. The molecule has 5 nitrogen and oxygen atoms in total. The summed E-state index contributed by atoms with van der Waals surface area (Å²) >= 11 is 1.78. The molecule has 148 valence electrons. The van der Waals surface area contributed by atoms with Gasteiger partial charge in [0.05, 0.1) is 10.2 Å². The quantitative estimate of drug-likeness (QED) is 0.666. The van der Waals surface area contributed by atoms with Crippen LogP contribution in [0, 0.1) is 6.92 Å². The molecule has 2 aromatic heterocycles. The molecule has 1 aromatic carbocycles. The summed E-state index contributed by atoms with van der Waals surface area (Å²) in [7, 11) is 0. The zero-order valence-corrected chi connectivity index (χ0v) is 17.9. The molecule has 0 spiro atoms. The zero-order valence-electron chi connectivity index (χ0n) is 17.1. The molecule has 0 saturated carbocycles. The molecular weight excluding hydrogens is 366 g/mol. The van der Waals surface area contributed by atoms with Crippen molar-refractivity contribution in [3.05, 3.63) is 35.9 Å². The first kappa shape index (κ1) is 19.2. The van der Waals surface area contributed by atoms with Gasteiger partial charge in [-0.2, -0.15) is 4.98 Å². The summed E-state index contributed by atoms with van der Waals surface area (Å²) in [5.41, 5.74) is 9.54. The van der Waals surface area contributed by atoms with Crippen LogP contribution in [0.3, 0.4) is 0 Å². The topological polar surface area (TPSA) is 67.1 Å². The molecule has 1 saturated heterocycles. The highest BCUT2D eigenvalue weighted by atomic mass is 32.1. The molecule has 4 rings (SSSR count). The van der Waals surface area contributed by atoms with Crippen molar-refractivity contribution in [3.8, 4) is 10.4 Å². The monoisotopic (exact) mass is 395 g/mol. The Morgan fingerprint density at radius 3 is 2.43 bits per heavy atom. The highest BCUT2D eigenvalue weighted by molar-refractivity contribution is 7.22. The maximum atomic E-state index is 6.12. The molecule has 0 bridgehead atoms. The fourth-order valence-corrected chi connectivity index (χ4v) is 4.61. The number of nitrogens with one attached hydrogen (secondary N) is 1. The van der Waals surface area contributed by atoms with Gasteiger partial charge >= 0.3 is 0 Å². The third-order valence-electron chi connectivity index (χ3n) is 5.02. The van der Waals surface area contributed by atoms with E-state index in [2.05, 4.69) is 68.2 Å². The number of anilines is 2. The predicted octanol–water partition coefficient (Wildman–Crippen LogP) is 4.80. The maximum absolute atomic E-state index is 6.12. The molecule has 0 aliphatic carbocycles. The summed E-state index contributed by atoms with van der Waals surface area (Å²) in [5.74, 6) is 1.73. The van der Waals surface area contributed by atoms with E-state index in [1.165, 1.54) is 16.0 Å². The number of nitrogens with two attached hydrogens (primary N) is 1. The smallest absolute Gasteiger partial charge is 0.225 e. The minimum Gasteiger partial charge on any atom is -0.355 e. The van der Waals surface area contributed by atoms with Crippen molar-refractivity contribution < 1.29 is 0 Å². The first-order valence-electron chi connectivity index (χ1n) is 9.96. The third-order valence-corrected chi connectivity index (χ3v) is 6.19. The molecule has 0 amide bonds. The van der Waals surface area contributed by atoms with E-state index in [0.29, 0.717) is 12.0 Å². The summed E-state index contributed by atoms with van der Waals surface area (Å²) in [6, 6.07) is 11.2. The Bertz CT molecular complexity index is 963. The van der Waals surface area contributed by atoms with E-state index in [0.717, 1.165) is 42.0 Å². The first-order valence-corrected chi connectivity index (χ1v) is 10.8. The van der Waals surface area contributed by atoms with E-state index in [4.69, 9.17) is 15.7 Å². The van der Waals surface area contributed by atoms with Gasteiger partial charge in [0.1, 0.15) is 0 Å². The van der Waals surface area contributed by atoms with Crippen LogP contribution in [0.2, 0.25) is 0 Å². The second-order valence-electron chi connectivity index (χ2n) is 8.76. The zero-order chi connectivity index (χ0) is 19.9. The molecule has 0 atom stereocenters. The number of aryl methyl sites for hydroxylation is 1. The van der Waals surface area contributed by atoms with Crippen molar-refractivity contribution in [2.75, 3.05) is 23.3 Å². The van der Waals surface area contributed by atoms with Crippen molar-refractivity contribution in [1.29, 1.82) is 0 Å². The Morgan fingerprint density at radius 1 is 1.11 bits per heavy atom. The molecule has 28 heavy (non-hydrogen) atoms. The molecule has 1 aliphatic rings. The van der Waals surface area contributed by atoms with Gasteiger partial charge in [-0.15, -0.1) is 11.3 Å². The number of fused-ring (bicyclic) bond motifs is 1. The van der Waals surface area contributed by atoms with Crippen LogP contribution in [0.5, 0.6) is 0 Å². The summed E-state index contributed by atoms with van der Waals surface area (Å²) in [6.07, 6.45) is 2.01. The second kappa shape index (κ2) is 7.33. The largest absolute Gasteiger partial charge is 0.355 e. The number of rotatable bonds is 3. The van der Waals surface area contributed by atoms with Gasteiger partial charge in [-0.05, 0) is 52.2 Å². The second-order valence-corrected chi connectivity index (χ2v) is 9.81. The minimum absolute atomic E-state index is 0.0923. The molecule has 0 unspecified atom stereocenters. The van der Waals surface area contributed by atoms with Gasteiger partial charge in [0, 0.05) is 29.5 Å². The van der Waals surface area contributed by atoms with Crippen LogP contribution >= 0.6 is 11.3 Å². The standard InChI is InChI=1S/C22H29N5S/c1-14-5-7-15(8-6-14)18-13-17-19(28-18)20(27-11-9-16(23)10-12-27)25-21(24-17)26-22(2,3)4/h5-8,13,16H,9-12,23H2,1-4H3,(H,24,25,26). The van der Waals surface area contributed by atoms with E-state index in [9.17, 15) is 0 Å². The van der Waals surface area contributed by atoms with E-state index in [1.54, 1.807) is 11.3 Å². The SMILES string of the molecule is Cc1ccc(-c2cc3nc(NC(C)(C)C)nc(N4CCC(N)CC4)c3s2)cc1. The van der Waals surface area contributed by atoms with Crippen LogP contribution in [0.15, 0.2) is 30.3 Å². The summed E-state index contributed by atoms with van der Waals surface area (Å²) in [5, 5.41) is 3.45. The highest BCUT2D eigenvalue weighted by Crippen LogP contribution is 2.38. The van der Waals surface area contributed by atoms with Crippen molar-refractivity contribution >= 4 is 33.3 Å². The van der Waals surface area contributed by atoms with Gasteiger partial charge in [-0.3, -0.25) is 0 Å². The normalized spacial score (nSPS) is 16.0. The van der Waals surface area contributed by atoms with Crippen LogP contribution < -0.4 is 16.0 Å². The fourth-order valence-electron chi connectivity index (χ4n) is 3.49. The minimum atomic E-state index is -0.0923. The van der Waals surface area contributed by atoms with E-state index in [-0.39, 0.29) is 5.54 Å². The van der Waals surface area contributed by atoms with Crippen molar-refractivity contribution in [2.24, 2.45) is 5.73 Å². The maximum Gasteiger partial charge on any atom is 0.225 e. The molecule has 3 heterocycles. The molecule has 1 aliphatic heterocycles. The molecule has 3 N–H and O–H groups in total. The van der Waals surface area contributed by atoms with Crippen LogP contribution in [0.4, 0.5) is 11.8 Å². The number of piperidine rings is 1. The average molecular weight is 396 g/mol. The summed E-state index contributed by atoms with van der Waals surface area (Å²) in [4.78, 5) is 13.4. The van der Waals surface area contributed by atoms with Gasteiger partial charge in [0.15, 0.2) is 5.82 Å². The fraction of sp³-hybridized carbons (Fsp3) is 0.455. The molecule has 1 fully saturated rings. The van der Waals surface area contributed by atoms with Gasteiger partial charge in [-0.1, -0.05) is 29.8 Å². The first-order chi connectivity index (χ1) is 13.3. The lowest BCUT2D eigenvalue weighted by Gasteiger charge is -2.31. The third kappa shape index (κ3) is 4.13. The average Bonchev–Trinajstić information content (AvgIpc) is 3.05. The predicted molar refractivity (Wildman–Crippen MR) is 120 cm³/mol. The summed E-state index contributed by atoms with van der Waals surface area (Å²) in [6.45, 7) is 10.4. The van der Waals surface area contributed by atoms with Crippen molar-refractivity contribution in [1.82, 2.24) is 9.97 Å². The Morgan fingerprint density at radius 2 is 1.79 bits per heavy atom. The lowest BCUT2D eigenvalue weighted by atomic mass is 10.1. The number of nitrogens with zero attached hydrogens (tertiary/aromatic N) is 3. The van der Waals surface area contributed by atoms with Gasteiger partial charge < -0.3 is 16.0 Å². The Balaban J connectivity index is 1.80. The van der Waals surface area contributed by atoms with Crippen molar-refractivity contribution in [3.63, 3.8) is 0 Å². The van der Waals surface area contributed by atoms with E-state index < -0.39 is 0 Å². The Kier molecular flexibility index (Phi) is 5.02. The van der Waals surface area contributed by atoms with Crippen LogP contribution in [0.25, 0.3) is 20.7 Å². The van der Waals surface area contributed by atoms with Crippen LogP contribution in [0.1, 0.15) is 39.2 Å². The molecule has 6 heteroatoms. The Hall–Kier alpha value is -2.18. The molecular formula is C22H29N5S. The number of hydrogen-bond donors (Lipinski definition) is 2. The highest BCUT2D eigenvalue weighted by Gasteiger charge is 2.23. The lowest BCUT2D eigenvalue weighted by Crippen LogP contribution is -2.40. The van der Waals surface area contributed by atoms with E-state index >= 15 is 0 Å². The Labute approximate surface area is 171 Å². The van der Waals surface area contributed by atoms with Crippen molar-refractivity contribution in [2.45, 2.75) is 52.1 Å². The van der Waals surface area contributed by atoms with Gasteiger partial charge in [0.25, 0.3) is 0 Å². The van der Waals surface area contributed by atoms with Crippen LogP contribution in [-0.2, 0) is 0 Å². The lowest BCUT2D eigenvalue weighted by molar-refractivity contribution is 0.499. The number of benzene rings is 1. The molecule has 3 aromatic rings. The van der Waals surface area contributed by atoms with Gasteiger partial charge in [-0.25, -0.2) is 4.98 Å². The van der Waals surface area contributed by atoms with E-state index in [1.807, 2.05) is 0 Å². The molecule has 0 radical (unpaired) electrons. The van der Waals surface area contributed by atoms with Gasteiger partial charge in [0.2, 0.25) is 5.95 Å². The number of aromatic nitrogens is 2.